The van der Waals surface area contributed by atoms with Crippen molar-refractivity contribution in [1.29, 1.82) is 5.26 Å². The van der Waals surface area contributed by atoms with Crippen LogP contribution in [0.2, 0.25) is 5.02 Å². The molecule has 2 aliphatic heterocycles. The van der Waals surface area contributed by atoms with E-state index >= 15 is 0 Å². The van der Waals surface area contributed by atoms with Crippen LogP contribution in [0.4, 0.5) is 10.1 Å². The molecule has 0 saturated carbocycles. The normalized spacial score (nSPS) is 15.0. The Morgan fingerprint density at radius 3 is 2.55 bits per heavy atom. The first-order valence-electron chi connectivity index (χ1n) is 16.4. The number of alkyl halides is 1. The van der Waals surface area contributed by atoms with Gasteiger partial charge in [-0.2, -0.15) is 5.26 Å². The quantitative estimate of drug-likeness (QED) is 0.171. The largest absolute Gasteiger partial charge is 0.488 e. The van der Waals surface area contributed by atoms with Crippen molar-refractivity contribution in [3.8, 4) is 28.7 Å². The molecule has 7 nitrogen and oxygen atoms in total. The highest BCUT2D eigenvalue weighted by Crippen LogP contribution is 2.39. The summed E-state index contributed by atoms with van der Waals surface area (Å²) in [4.78, 5) is 9.02. The Balaban J connectivity index is 1.14. The van der Waals surface area contributed by atoms with Gasteiger partial charge in [-0.05, 0) is 85.2 Å². The van der Waals surface area contributed by atoms with Crippen LogP contribution in [0.15, 0.2) is 67.0 Å². The molecule has 3 heterocycles. The van der Waals surface area contributed by atoms with Crippen molar-refractivity contribution >= 4 is 17.3 Å². The molecule has 1 saturated heterocycles. The number of nitrogens with zero attached hydrogens (tertiary/aromatic N) is 4. The summed E-state index contributed by atoms with van der Waals surface area (Å²) < 4.78 is 25.9. The Kier molecular flexibility index (Phi) is 10.6. The monoisotopic (exact) mass is 653 g/mol. The predicted molar refractivity (Wildman–Crippen MR) is 185 cm³/mol. The maximum atomic E-state index is 13.5. The minimum absolute atomic E-state index is 0.232. The van der Waals surface area contributed by atoms with Crippen molar-refractivity contribution in [3.05, 3.63) is 105 Å². The Labute approximate surface area is 281 Å². The lowest BCUT2D eigenvalue weighted by atomic mass is 9.92. The molecule has 0 atom stereocenters. The molecule has 0 unspecified atom stereocenters. The molecule has 0 amide bonds. The molecule has 244 valence electrons. The van der Waals surface area contributed by atoms with Crippen molar-refractivity contribution < 1.29 is 13.9 Å². The number of benzene rings is 3. The Hall–Kier alpha value is -4.16. The van der Waals surface area contributed by atoms with Gasteiger partial charge in [0.1, 0.15) is 37.0 Å². The molecule has 4 aromatic rings. The van der Waals surface area contributed by atoms with Gasteiger partial charge in [-0.25, -0.2) is 4.39 Å². The fourth-order valence-corrected chi connectivity index (χ4v) is 6.89. The molecule has 9 heteroatoms. The zero-order valence-corrected chi connectivity index (χ0v) is 27.6. The summed E-state index contributed by atoms with van der Waals surface area (Å²) in [7, 11) is 0. The molecule has 0 radical (unpaired) electrons. The molecule has 0 bridgehead atoms. The number of anilines is 1. The number of aromatic nitrogens is 1. The second-order valence-corrected chi connectivity index (χ2v) is 12.8. The highest BCUT2D eigenvalue weighted by atomic mass is 35.5. The van der Waals surface area contributed by atoms with E-state index in [1.54, 1.807) is 24.4 Å². The molecule has 6 rings (SSSR count). The first-order chi connectivity index (χ1) is 22.9. The van der Waals surface area contributed by atoms with Crippen LogP contribution in [0.25, 0.3) is 11.1 Å². The summed E-state index contributed by atoms with van der Waals surface area (Å²) in [5.74, 6) is 1.09. The maximum absolute atomic E-state index is 13.5. The SMILES string of the molecule is Cc1c(COc2cc(OCc3cncc(C#N)c3)c(CN)cc2Cl)cccc1-c1cccc2c1CCN2CCCN1CCC(F)CC1. The van der Waals surface area contributed by atoms with Gasteiger partial charge in [-0.15, -0.1) is 0 Å². The molecule has 0 aliphatic carbocycles. The van der Waals surface area contributed by atoms with Crippen LogP contribution >= 0.6 is 11.6 Å². The fourth-order valence-electron chi connectivity index (χ4n) is 6.65. The number of halogens is 2. The van der Waals surface area contributed by atoms with Gasteiger partial charge in [0.25, 0.3) is 0 Å². The summed E-state index contributed by atoms with van der Waals surface area (Å²) in [6.45, 7) is 7.78. The molecule has 1 fully saturated rings. The van der Waals surface area contributed by atoms with E-state index in [0.717, 1.165) is 62.3 Å². The van der Waals surface area contributed by atoms with Gasteiger partial charge < -0.3 is 25.0 Å². The summed E-state index contributed by atoms with van der Waals surface area (Å²) in [5.41, 5.74) is 15.5. The number of pyridine rings is 1. The van der Waals surface area contributed by atoms with Crippen molar-refractivity contribution in [3.63, 3.8) is 0 Å². The second kappa shape index (κ2) is 15.2. The topological polar surface area (TPSA) is 87.6 Å². The summed E-state index contributed by atoms with van der Waals surface area (Å²) in [5, 5.41) is 9.65. The smallest absolute Gasteiger partial charge is 0.142 e. The summed E-state index contributed by atoms with van der Waals surface area (Å²) >= 11 is 6.63. The van der Waals surface area contributed by atoms with E-state index in [1.165, 1.54) is 34.1 Å². The zero-order chi connectivity index (χ0) is 32.8. The first-order valence-corrected chi connectivity index (χ1v) is 16.8. The minimum atomic E-state index is -0.624. The first kappa shape index (κ1) is 32.8. The Morgan fingerprint density at radius 1 is 0.957 bits per heavy atom. The van der Waals surface area contributed by atoms with Gasteiger partial charge >= 0.3 is 0 Å². The Morgan fingerprint density at radius 2 is 1.74 bits per heavy atom. The van der Waals surface area contributed by atoms with Crippen molar-refractivity contribution in [2.75, 3.05) is 37.6 Å². The average Bonchev–Trinajstić information content (AvgIpc) is 3.51. The second-order valence-electron chi connectivity index (χ2n) is 12.4. The van der Waals surface area contributed by atoms with Crippen LogP contribution in [0.1, 0.15) is 52.6 Å². The highest BCUT2D eigenvalue weighted by molar-refractivity contribution is 6.32. The minimum Gasteiger partial charge on any atom is -0.488 e. The maximum Gasteiger partial charge on any atom is 0.142 e. The third kappa shape index (κ3) is 7.70. The van der Waals surface area contributed by atoms with E-state index in [9.17, 15) is 9.65 Å². The molecule has 1 aromatic heterocycles. The zero-order valence-electron chi connectivity index (χ0n) is 26.9. The van der Waals surface area contributed by atoms with E-state index in [2.05, 4.69) is 64.2 Å². The molecule has 47 heavy (non-hydrogen) atoms. The number of ether oxygens (including phenoxy) is 2. The summed E-state index contributed by atoms with van der Waals surface area (Å²) in [6, 6.07) is 20.4. The van der Waals surface area contributed by atoms with Gasteiger partial charge in [0.05, 0.1) is 10.6 Å². The van der Waals surface area contributed by atoms with Crippen LogP contribution in [-0.2, 0) is 26.2 Å². The summed E-state index contributed by atoms with van der Waals surface area (Å²) in [6.07, 6.45) is 6.00. The van der Waals surface area contributed by atoms with Crippen LogP contribution in [0.3, 0.4) is 0 Å². The van der Waals surface area contributed by atoms with Gasteiger partial charge in [-0.1, -0.05) is 41.9 Å². The molecule has 0 spiro atoms. The van der Waals surface area contributed by atoms with E-state index < -0.39 is 6.17 Å². The van der Waals surface area contributed by atoms with E-state index in [4.69, 9.17) is 26.8 Å². The average molecular weight is 654 g/mol. The van der Waals surface area contributed by atoms with E-state index in [1.807, 2.05) is 0 Å². The van der Waals surface area contributed by atoms with Crippen LogP contribution in [0, 0.1) is 18.3 Å². The molecule has 3 aromatic carbocycles. The highest BCUT2D eigenvalue weighted by Gasteiger charge is 2.24. The van der Waals surface area contributed by atoms with Crippen molar-refractivity contribution in [2.24, 2.45) is 5.73 Å². The molecule has 2 N–H and O–H groups in total. The van der Waals surface area contributed by atoms with Crippen molar-refractivity contribution in [1.82, 2.24) is 9.88 Å². The van der Waals surface area contributed by atoms with Crippen molar-refractivity contribution in [2.45, 2.75) is 58.5 Å². The standard InChI is InChI=1S/C38H41ClFN5O2/c1-26-29(25-47-38-19-37(30(21-42)18-35(38)39)46-24-28-17-27(20-41)22-43-23-28)5-2-6-32(26)33-7-3-8-36-34(33)11-16-45(36)13-4-12-44-14-9-31(40)10-15-44/h2-3,5-8,17-19,22-23,31H,4,9-16,21,24-25,42H2,1H3. The number of nitrogens with two attached hydrogens (primary N) is 1. The van der Waals surface area contributed by atoms with Gasteiger partial charge in [0.2, 0.25) is 0 Å². The number of rotatable bonds is 12. The fraction of sp³-hybridized carbons (Fsp3) is 0.368. The predicted octanol–water partition coefficient (Wildman–Crippen LogP) is 7.39. The molecular formula is C38H41ClFN5O2. The van der Waals surface area contributed by atoms with E-state index in [0.29, 0.717) is 41.5 Å². The lowest BCUT2D eigenvalue weighted by Gasteiger charge is -2.29. The number of hydrogen-bond acceptors (Lipinski definition) is 7. The van der Waals surface area contributed by atoms with Crippen LogP contribution in [0.5, 0.6) is 11.5 Å². The van der Waals surface area contributed by atoms with E-state index in [-0.39, 0.29) is 13.2 Å². The van der Waals surface area contributed by atoms with Crippen LogP contribution in [-0.4, -0.2) is 48.8 Å². The molecule has 2 aliphatic rings. The van der Waals surface area contributed by atoms with Crippen LogP contribution < -0.4 is 20.1 Å². The van der Waals surface area contributed by atoms with Gasteiger partial charge in [0.15, 0.2) is 0 Å². The number of nitriles is 1. The number of likely N-dealkylation sites (tertiary alicyclic amines) is 1. The third-order valence-electron chi connectivity index (χ3n) is 9.32. The lowest BCUT2D eigenvalue weighted by molar-refractivity contribution is 0.150. The number of hydrogen-bond donors (Lipinski definition) is 1. The number of fused-ring (bicyclic) bond motifs is 1. The third-order valence-corrected chi connectivity index (χ3v) is 9.61. The molecular weight excluding hydrogens is 613 g/mol. The van der Waals surface area contributed by atoms with Gasteiger partial charge in [0, 0.05) is 68.0 Å². The number of piperidine rings is 1. The van der Waals surface area contributed by atoms with Gasteiger partial charge in [-0.3, -0.25) is 4.98 Å². The Bertz CT molecular complexity index is 1750. The lowest BCUT2D eigenvalue weighted by Crippen LogP contribution is -2.36.